The van der Waals surface area contributed by atoms with Crippen molar-refractivity contribution in [1.82, 2.24) is 5.32 Å². The maximum atomic E-state index is 12.4. The van der Waals surface area contributed by atoms with Gasteiger partial charge in [0, 0.05) is 5.88 Å². The summed E-state index contributed by atoms with van der Waals surface area (Å²) in [6, 6.07) is 5.49. The lowest BCUT2D eigenvalue weighted by atomic mass is 9.78. The zero-order valence-corrected chi connectivity index (χ0v) is 13.5. The first-order chi connectivity index (χ1) is 9.46. The Balaban J connectivity index is 2.13. The van der Waals surface area contributed by atoms with E-state index in [9.17, 15) is 4.79 Å². The summed E-state index contributed by atoms with van der Waals surface area (Å²) in [6.07, 6.45) is 4.09. The van der Waals surface area contributed by atoms with Crippen LogP contribution in [0.5, 0.6) is 0 Å². The second-order valence-electron chi connectivity index (χ2n) is 6.03. The molecule has 0 spiro atoms. The number of amides is 1. The van der Waals surface area contributed by atoms with Gasteiger partial charge in [0.2, 0.25) is 0 Å². The molecule has 0 bridgehead atoms. The number of carbonyl (C=O) groups excluding carboxylic acids is 1. The van der Waals surface area contributed by atoms with E-state index in [-0.39, 0.29) is 11.4 Å². The Morgan fingerprint density at radius 3 is 2.60 bits per heavy atom. The smallest absolute Gasteiger partial charge is 0.253 e. The van der Waals surface area contributed by atoms with Crippen LogP contribution >= 0.6 is 23.2 Å². The van der Waals surface area contributed by atoms with Crippen molar-refractivity contribution in [3.63, 3.8) is 0 Å². The summed E-state index contributed by atoms with van der Waals surface area (Å²) in [7, 11) is 0. The molecule has 0 heterocycles. The van der Waals surface area contributed by atoms with Crippen LogP contribution in [0.2, 0.25) is 5.02 Å². The summed E-state index contributed by atoms with van der Waals surface area (Å²) in [4.78, 5) is 12.4. The molecule has 1 N–H and O–H groups in total. The highest BCUT2D eigenvalue weighted by Gasteiger charge is 2.35. The fourth-order valence-corrected chi connectivity index (χ4v) is 3.37. The largest absolute Gasteiger partial charge is 0.345 e. The van der Waals surface area contributed by atoms with Gasteiger partial charge in [0.1, 0.15) is 0 Å². The Morgan fingerprint density at radius 2 is 2.05 bits per heavy atom. The Labute approximate surface area is 130 Å². The molecule has 1 aromatic rings. The monoisotopic (exact) mass is 313 g/mol. The molecule has 2 rings (SSSR count). The Morgan fingerprint density at radius 1 is 1.40 bits per heavy atom. The van der Waals surface area contributed by atoms with Gasteiger partial charge in [-0.2, -0.15) is 0 Å². The lowest BCUT2D eigenvalue weighted by molar-refractivity contribution is 0.0872. The summed E-state index contributed by atoms with van der Waals surface area (Å²) in [5, 5.41) is 3.62. The van der Waals surface area contributed by atoms with Crippen LogP contribution in [0, 0.1) is 12.8 Å². The van der Waals surface area contributed by atoms with E-state index in [1.807, 2.05) is 19.1 Å². The van der Waals surface area contributed by atoms with E-state index in [0.717, 1.165) is 31.2 Å². The molecule has 1 amide bonds. The van der Waals surface area contributed by atoms with E-state index in [1.54, 1.807) is 6.07 Å². The molecule has 1 fully saturated rings. The molecule has 0 aliphatic heterocycles. The predicted octanol–water partition coefficient (Wildman–Crippen LogP) is 4.57. The van der Waals surface area contributed by atoms with E-state index in [4.69, 9.17) is 23.2 Å². The third-order valence-electron chi connectivity index (χ3n) is 4.24. The molecule has 0 saturated heterocycles. The van der Waals surface area contributed by atoms with E-state index in [0.29, 0.717) is 22.4 Å². The van der Waals surface area contributed by atoms with Crippen molar-refractivity contribution in [2.45, 2.75) is 45.1 Å². The van der Waals surface area contributed by atoms with Crippen molar-refractivity contribution in [2.75, 3.05) is 5.88 Å². The standard InChI is InChI=1S/C16H21Cl2NO/c1-11-5-7-16(10-17,8-6-11)19-15(20)13-4-3-12(2)9-14(13)18/h3-4,9,11H,5-8,10H2,1-2H3,(H,19,20). The molecule has 0 atom stereocenters. The first-order valence-corrected chi connectivity index (χ1v) is 8.02. The van der Waals surface area contributed by atoms with Crippen LogP contribution in [0.3, 0.4) is 0 Å². The number of hydrogen-bond acceptors (Lipinski definition) is 1. The molecule has 1 aromatic carbocycles. The van der Waals surface area contributed by atoms with Crippen molar-refractivity contribution in [3.05, 3.63) is 34.3 Å². The van der Waals surface area contributed by atoms with Crippen molar-refractivity contribution in [2.24, 2.45) is 5.92 Å². The molecule has 0 radical (unpaired) electrons. The molecular weight excluding hydrogens is 293 g/mol. The fraction of sp³-hybridized carbons (Fsp3) is 0.562. The van der Waals surface area contributed by atoms with Gasteiger partial charge in [-0.3, -0.25) is 4.79 Å². The third-order valence-corrected chi connectivity index (χ3v) is 5.06. The zero-order valence-electron chi connectivity index (χ0n) is 12.0. The topological polar surface area (TPSA) is 29.1 Å². The van der Waals surface area contributed by atoms with Crippen LogP contribution in [0.25, 0.3) is 0 Å². The number of aryl methyl sites for hydroxylation is 1. The zero-order chi connectivity index (χ0) is 14.8. The van der Waals surface area contributed by atoms with Crippen LogP contribution in [0.15, 0.2) is 18.2 Å². The second-order valence-corrected chi connectivity index (χ2v) is 6.71. The molecule has 4 heteroatoms. The summed E-state index contributed by atoms with van der Waals surface area (Å²) >= 11 is 12.3. The van der Waals surface area contributed by atoms with Crippen molar-refractivity contribution in [1.29, 1.82) is 0 Å². The molecule has 0 unspecified atom stereocenters. The van der Waals surface area contributed by atoms with Gasteiger partial charge in [-0.25, -0.2) is 0 Å². The van der Waals surface area contributed by atoms with Crippen molar-refractivity contribution in [3.8, 4) is 0 Å². The van der Waals surface area contributed by atoms with E-state index >= 15 is 0 Å². The predicted molar refractivity (Wildman–Crippen MR) is 84.7 cm³/mol. The summed E-state index contributed by atoms with van der Waals surface area (Å²) in [5.41, 5.74) is 1.30. The van der Waals surface area contributed by atoms with E-state index in [2.05, 4.69) is 12.2 Å². The molecule has 0 aromatic heterocycles. The van der Waals surface area contributed by atoms with Gasteiger partial charge >= 0.3 is 0 Å². The van der Waals surface area contributed by atoms with E-state index < -0.39 is 0 Å². The Bertz CT molecular complexity index is 493. The second kappa shape index (κ2) is 6.36. The lowest BCUT2D eigenvalue weighted by Crippen LogP contribution is -2.52. The van der Waals surface area contributed by atoms with Gasteiger partial charge < -0.3 is 5.32 Å². The van der Waals surface area contributed by atoms with Crippen molar-refractivity contribution >= 4 is 29.1 Å². The van der Waals surface area contributed by atoms with E-state index in [1.165, 1.54) is 0 Å². The van der Waals surface area contributed by atoms with Crippen LogP contribution in [-0.4, -0.2) is 17.3 Å². The first kappa shape index (κ1) is 15.7. The normalized spacial score (nSPS) is 26.3. The SMILES string of the molecule is Cc1ccc(C(=O)NC2(CCl)CCC(C)CC2)c(Cl)c1. The third kappa shape index (κ3) is 3.48. The van der Waals surface area contributed by atoms with Gasteiger partial charge in [-0.1, -0.05) is 24.6 Å². The number of carbonyl (C=O) groups is 1. The minimum absolute atomic E-state index is 0.120. The Hall–Kier alpha value is -0.730. The number of nitrogens with one attached hydrogen (secondary N) is 1. The van der Waals surface area contributed by atoms with Gasteiger partial charge in [0.05, 0.1) is 16.1 Å². The minimum Gasteiger partial charge on any atom is -0.345 e. The molecule has 20 heavy (non-hydrogen) atoms. The van der Waals surface area contributed by atoms with Crippen LogP contribution < -0.4 is 5.32 Å². The number of alkyl halides is 1. The highest BCUT2D eigenvalue weighted by Crippen LogP contribution is 2.33. The van der Waals surface area contributed by atoms with Gasteiger partial charge in [0.25, 0.3) is 5.91 Å². The molecule has 1 aliphatic carbocycles. The average molecular weight is 314 g/mol. The fourth-order valence-electron chi connectivity index (χ4n) is 2.72. The van der Waals surface area contributed by atoms with Crippen molar-refractivity contribution < 1.29 is 4.79 Å². The van der Waals surface area contributed by atoms with Crippen LogP contribution in [-0.2, 0) is 0 Å². The highest BCUT2D eigenvalue weighted by atomic mass is 35.5. The average Bonchev–Trinajstić information content (AvgIpc) is 2.41. The summed E-state index contributed by atoms with van der Waals surface area (Å²) in [5.74, 6) is 1.05. The highest BCUT2D eigenvalue weighted by molar-refractivity contribution is 6.34. The molecular formula is C16H21Cl2NO. The Kier molecular flexibility index (Phi) is 4.98. The molecule has 1 saturated carbocycles. The minimum atomic E-state index is -0.278. The summed E-state index contributed by atoms with van der Waals surface area (Å²) < 4.78 is 0. The molecule has 110 valence electrons. The quantitative estimate of drug-likeness (QED) is 0.814. The van der Waals surface area contributed by atoms with Gasteiger partial charge in [-0.15, -0.1) is 11.6 Å². The van der Waals surface area contributed by atoms with Gasteiger partial charge in [0.15, 0.2) is 0 Å². The lowest BCUT2D eigenvalue weighted by Gasteiger charge is -2.38. The molecule has 1 aliphatic rings. The maximum absolute atomic E-state index is 12.4. The van der Waals surface area contributed by atoms with Crippen LogP contribution in [0.1, 0.15) is 48.5 Å². The number of hydrogen-bond donors (Lipinski definition) is 1. The number of benzene rings is 1. The number of rotatable bonds is 3. The molecule has 2 nitrogen and oxygen atoms in total. The maximum Gasteiger partial charge on any atom is 0.253 e. The number of halogens is 2. The summed E-state index contributed by atoms with van der Waals surface area (Å²) in [6.45, 7) is 4.20. The van der Waals surface area contributed by atoms with Crippen LogP contribution in [0.4, 0.5) is 0 Å². The first-order valence-electron chi connectivity index (χ1n) is 7.10. The van der Waals surface area contributed by atoms with Gasteiger partial charge in [-0.05, 0) is 56.2 Å².